The molecule has 0 aliphatic heterocycles. The SMILES string of the molecule is Cc1ccc(CN(C)C(=O)c2ccc(F)c(Br)c2)o1. The summed E-state index contributed by atoms with van der Waals surface area (Å²) in [7, 11) is 1.68. The smallest absolute Gasteiger partial charge is 0.254 e. The molecular formula is C14H13BrFNO2. The van der Waals surface area contributed by atoms with Gasteiger partial charge in [-0.3, -0.25) is 4.79 Å². The molecular weight excluding hydrogens is 313 g/mol. The van der Waals surface area contributed by atoms with Crippen LogP contribution in [0.4, 0.5) is 4.39 Å². The minimum absolute atomic E-state index is 0.185. The average Bonchev–Trinajstić information content (AvgIpc) is 2.77. The number of hydrogen-bond donors (Lipinski definition) is 0. The predicted molar refractivity (Wildman–Crippen MR) is 73.3 cm³/mol. The molecule has 1 aromatic heterocycles. The lowest BCUT2D eigenvalue weighted by Crippen LogP contribution is -2.26. The maximum absolute atomic E-state index is 13.1. The second kappa shape index (κ2) is 5.57. The maximum atomic E-state index is 13.1. The number of nitrogens with zero attached hydrogens (tertiary/aromatic N) is 1. The van der Waals surface area contributed by atoms with Gasteiger partial charge in [-0.25, -0.2) is 4.39 Å². The van der Waals surface area contributed by atoms with Crippen LogP contribution in [-0.2, 0) is 6.54 Å². The number of carbonyl (C=O) groups excluding carboxylic acids is 1. The fraction of sp³-hybridized carbons (Fsp3) is 0.214. The summed E-state index contributed by atoms with van der Waals surface area (Å²) in [5, 5.41) is 0. The van der Waals surface area contributed by atoms with Gasteiger partial charge in [0.15, 0.2) is 0 Å². The van der Waals surface area contributed by atoms with Crippen LogP contribution in [0.5, 0.6) is 0 Å². The maximum Gasteiger partial charge on any atom is 0.254 e. The number of halogens is 2. The van der Waals surface area contributed by atoms with E-state index in [4.69, 9.17) is 4.42 Å². The van der Waals surface area contributed by atoms with Gasteiger partial charge in [0.1, 0.15) is 17.3 Å². The third-order valence-corrected chi connectivity index (χ3v) is 3.31. The Morgan fingerprint density at radius 1 is 1.37 bits per heavy atom. The summed E-state index contributed by atoms with van der Waals surface area (Å²) in [4.78, 5) is 13.7. The van der Waals surface area contributed by atoms with Gasteiger partial charge in [-0.05, 0) is 53.2 Å². The van der Waals surface area contributed by atoms with Crippen LogP contribution in [0.1, 0.15) is 21.9 Å². The molecule has 1 heterocycles. The zero-order chi connectivity index (χ0) is 14.0. The lowest BCUT2D eigenvalue weighted by Gasteiger charge is -2.16. The molecule has 0 unspecified atom stereocenters. The molecule has 19 heavy (non-hydrogen) atoms. The zero-order valence-corrected chi connectivity index (χ0v) is 12.2. The Balaban J connectivity index is 2.12. The third-order valence-electron chi connectivity index (χ3n) is 2.70. The van der Waals surface area contributed by atoms with Crippen molar-refractivity contribution in [1.82, 2.24) is 4.90 Å². The standard InChI is InChI=1S/C14H13BrFNO2/c1-9-3-5-11(19-9)8-17(2)14(18)10-4-6-13(16)12(15)7-10/h3-7H,8H2,1-2H3. The van der Waals surface area contributed by atoms with Crippen LogP contribution in [0.15, 0.2) is 39.2 Å². The number of hydrogen-bond acceptors (Lipinski definition) is 2. The van der Waals surface area contributed by atoms with Crippen molar-refractivity contribution in [2.24, 2.45) is 0 Å². The molecule has 0 radical (unpaired) electrons. The first-order chi connectivity index (χ1) is 8.97. The summed E-state index contributed by atoms with van der Waals surface area (Å²) in [6.07, 6.45) is 0. The molecule has 0 aliphatic rings. The van der Waals surface area contributed by atoms with E-state index >= 15 is 0 Å². The minimum atomic E-state index is -0.388. The van der Waals surface area contributed by atoms with Crippen molar-refractivity contribution in [3.05, 3.63) is 57.7 Å². The van der Waals surface area contributed by atoms with E-state index in [1.54, 1.807) is 7.05 Å². The van der Waals surface area contributed by atoms with Gasteiger partial charge < -0.3 is 9.32 Å². The topological polar surface area (TPSA) is 33.5 Å². The number of benzene rings is 1. The Hall–Kier alpha value is -1.62. The highest BCUT2D eigenvalue weighted by Crippen LogP contribution is 2.18. The van der Waals surface area contributed by atoms with E-state index in [1.807, 2.05) is 19.1 Å². The van der Waals surface area contributed by atoms with E-state index in [9.17, 15) is 9.18 Å². The van der Waals surface area contributed by atoms with Crippen molar-refractivity contribution < 1.29 is 13.6 Å². The second-order valence-electron chi connectivity index (χ2n) is 4.30. The van der Waals surface area contributed by atoms with Gasteiger partial charge >= 0.3 is 0 Å². The van der Waals surface area contributed by atoms with Crippen molar-refractivity contribution in [1.29, 1.82) is 0 Å². The monoisotopic (exact) mass is 325 g/mol. The molecule has 0 spiro atoms. The van der Waals surface area contributed by atoms with Crippen LogP contribution in [0.3, 0.4) is 0 Å². The first-order valence-electron chi connectivity index (χ1n) is 5.73. The molecule has 1 aromatic carbocycles. The summed E-state index contributed by atoms with van der Waals surface area (Å²) < 4.78 is 18.8. The molecule has 0 fully saturated rings. The fourth-order valence-corrected chi connectivity index (χ4v) is 2.10. The number of furan rings is 1. The molecule has 1 amide bonds. The Morgan fingerprint density at radius 2 is 2.11 bits per heavy atom. The number of amides is 1. The molecule has 3 nitrogen and oxygen atoms in total. The van der Waals surface area contributed by atoms with Gasteiger partial charge in [0.25, 0.3) is 5.91 Å². The molecule has 0 aliphatic carbocycles. The van der Waals surface area contributed by atoms with Gasteiger partial charge in [-0.1, -0.05) is 0 Å². The number of carbonyl (C=O) groups is 1. The van der Waals surface area contributed by atoms with Crippen LogP contribution in [0.25, 0.3) is 0 Å². The number of aryl methyl sites for hydroxylation is 1. The molecule has 0 N–H and O–H groups in total. The Morgan fingerprint density at radius 3 is 2.68 bits per heavy atom. The molecule has 0 saturated carbocycles. The highest BCUT2D eigenvalue weighted by Gasteiger charge is 2.14. The molecule has 0 bridgehead atoms. The molecule has 2 rings (SSSR count). The lowest BCUT2D eigenvalue weighted by molar-refractivity contribution is 0.0775. The van der Waals surface area contributed by atoms with Crippen molar-refractivity contribution in [2.75, 3.05) is 7.05 Å². The predicted octanol–water partition coefficient (Wildman–Crippen LogP) is 3.76. The molecule has 5 heteroatoms. The van der Waals surface area contributed by atoms with E-state index < -0.39 is 0 Å². The summed E-state index contributed by atoms with van der Waals surface area (Å²) in [5.74, 6) is 0.950. The molecule has 2 aromatic rings. The Kier molecular flexibility index (Phi) is 4.04. The van der Waals surface area contributed by atoms with Crippen LogP contribution in [0.2, 0.25) is 0 Å². The highest BCUT2D eigenvalue weighted by atomic mass is 79.9. The van der Waals surface area contributed by atoms with Gasteiger partial charge in [0.2, 0.25) is 0 Å². The normalized spacial score (nSPS) is 10.5. The van der Waals surface area contributed by atoms with Crippen LogP contribution in [-0.4, -0.2) is 17.9 Å². The van der Waals surface area contributed by atoms with Gasteiger partial charge in [-0.2, -0.15) is 0 Å². The summed E-state index contributed by atoms with van der Waals surface area (Å²) in [5.41, 5.74) is 0.430. The molecule has 0 atom stereocenters. The largest absolute Gasteiger partial charge is 0.464 e. The fourth-order valence-electron chi connectivity index (χ4n) is 1.73. The van der Waals surface area contributed by atoms with Crippen LogP contribution in [0, 0.1) is 12.7 Å². The number of rotatable bonds is 3. The van der Waals surface area contributed by atoms with Crippen LogP contribution >= 0.6 is 15.9 Å². The van der Waals surface area contributed by atoms with Crippen molar-refractivity contribution in [3.8, 4) is 0 Å². The van der Waals surface area contributed by atoms with E-state index in [0.29, 0.717) is 12.1 Å². The van der Waals surface area contributed by atoms with E-state index in [1.165, 1.54) is 23.1 Å². The molecule has 100 valence electrons. The first-order valence-corrected chi connectivity index (χ1v) is 6.52. The highest BCUT2D eigenvalue weighted by molar-refractivity contribution is 9.10. The summed E-state index contributed by atoms with van der Waals surface area (Å²) in [6.45, 7) is 2.23. The quantitative estimate of drug-likeness (QED) is 0.860. The van der Waals surface area contributed by atoms with Gasteiger partial charge in [0.05, 0.1) is 11.0 Å². The van der Waals surface area contributed by atoms with E-state index in [0.717, 1.165) is 11.5 Å². The van der Waals surface area contributed by atoms with Crippen molar-refractivity contribution in [3.63, 3.8) is 0 Å². The van der Waals surface area contributed by atoms with Gasteiger partial charge in [0, 0.05) is 12.6 Å². The van der Waals surface area contributed by atoms with E-state index in [-0.39, 0.29) is 16.2 Å². The Labute approximate surface area is 119 Å². The summed E-state index contributed by atoms with van der Waals surface area (Å²) in [6, 6.07) is 7.89. The van der Waals surface area contributed by atoms with Crippen molar-refractivity contribution in [2.45, 2.75) is 13.5 Å². The zero-order valence-electron chi connectivity index (χ0n) is 10.6. The Bertz CT molecular complexity index is 609. The first kappa shape index (κ1) is 13.8. The lowest BCUT2D eigenvalue weighted by atomic mass is 10.2. The van der Waals surface area contributed by atoms with E-state index in [2.05, 4.69) is 15.9 Å². The average molecular weight is 326 g/mol. The minimum Gasteiger partial charge on any atom is -0.464 e. The summed E-state index contributed by atoms with van der Waals surface area (Å²) >= 11 is 3.07. The third kappa shape index (κ3) is 3.23. The van der Waals surface area contributed by atoms with Crippen LogP contribution < -0.4 is 0 Å². The van der Waals surface area contributed by atoms with Gasteiger partial charge in [-0.15, -0.1) is 0 Å². The molecule has 0 saturated heterocycles. The van der Waals surface area contributed by atoms with Crippen molar-refractivity contribution >= 4 is 21.8 Å². The second-order valence-corrected chi connectivity index (χ2v) is 5.16.